The fourth-order valence-corrected chi connectivity index (χ4v) is 4.50. The van der Waals surface area contributed by atoms with E-state index < -0.39 is 0 Å². The molecule has 0 unspecified atom stereocenters. The molecule has 5 heteroatoms. The number of rotatable bonds is 3. The average molecular weight is 371 g/mol. The van der Waals surface area contributed by atoms with E-state index in [4.69, 9.17) is 11.6 Å². The van der Waals surface area contributed by atoms with Crippen molar-refractivity contribution >= 4 is 39.9 Å². The average Bonchev–Trinajstić information content (AvgIpc) is 2.89. The first-order valence-electron chi connectivity index (χ1n) is 8.47. The van der Waals surface area contributed by atoms with Gasteiger partial charge in [0.25, 0.3) is 0 Å². The highest BCUT2D eigenvalue weighted by Gasteiger charge is 2.19. The number of amides is 1. The zero-order valence-corrected chi connectivity index (χ0v) is 15.4. The minimum absolute atomic E-state index is 0.245. The van der Waals surface area contributed by atoms with Gasteiger partial charge in [-0.05, 0) is 49.0 Å². The molecular weight excluding hydrogens is 352 g/mol. The minimum atomic E-state index is -0.245. The fraction of sp³-hybridized carbons (Fsp3) is 0.300. The number of hydrogen-bond acceptors (Lipinski definition) is 3. The van der Waals surface area contributed by atoms with Crippen LogP contribution < -0.4 is 5.32 Å². The molecule has 0 saturated heterocycles. The summed E-state index contributed by atoms with van der Waals surface area (Å²) < 4.78 is 0. The Labute approximate surface area is 156 Å². The number of nitrogens with zero attached hydrogens (tertiary/aromatic N) is 1. The van der Waals surface area contributed by atoms with Crippen molar-refractivity contribution in [3.8, 4) is 6.07 Å². The quantitative estimate of drug-likeness (QED) is 0.716. The van der Waals surface area contributed by atoms with Gasteiger partial charge in [0.2, 0.25) is 5.91 Å². The SMILES string of the molecule is N#Cc1c(NC(=O)/C=C\c2ccccc2Cl)sc2c1CCCCCC2. The zero-order valence-electron chi connectivity index (χ0n) is 13.8. The molecule has 1 N–H and O–H groups in total. The number of benzene rings is 1. The van der Waals surface area contributed by atoms with E-state index in [1.165, 1.54) is 23.8 Å². The van der Waals surface area contributed by atoms with Gasteiger partial charge in [-0.2, -0.15) is 5.26 Å². The van der Waals surface area contributed by atoms with Crippen molar-refractivity contribution in [2.45, 2.75) is 38.5 Å². The predicted octanol–water partition coefficient (Wildman–Crippen LogP) is 5.58. The molecule has 0 radical (unpaired) electrons. The van der Waals surface area contributed by atoms with Gasteiger partial charge < -0.3 is 5.32 Å². The van der Waals surface area contributed by atoms with Crippen LogP contribution in [-0.2, 0) is 17.6 Å². The molecule has 3 nitrogen and oxygen atoms in total. The van der Waals surface area contributed by atoms with Gasteiger partial charge in [0, 0.05) is 16.0 Å². The van der Waals surface area contributed by atoms with E-state index >= 15 is 0 Å². The van der Waals surface area contributed by atoms with E-state index in [-0.39, 0.29) is 5.91 Å². The molecule has 3 rings (SSSR count). The molecule has 0 spiro atoms. The third-order valence-electron chi connectivity index (χ3n) is 4.34. The molecular formula is C20H19ClN2OS. The van der Waals surface area contributed by atoms with Crippen molar-refractivity contribution in [3.05, 3.63) is 56.9 Å². The fourth-order valence-electron chi connectivity index (χ4n) is 3.06. The van der Waals surface area contributed by atoms with Gasteiger partial charge in [0.15, 0.2) is 0 Å². The number of carbonyl (C=O) groups excluding carboxylic acids is 1. The summed E-state index contributed by atoms with van der Waals surface area (Å²) in [6.07, 6.45) is 9.78. The molecule has 1 aromatic carbocycles. The Morgan fingerprint density at radius 2 is 1.96 bits per heavy atom. The van der Waals surface area contributed by atoms with E-state index in [2.05, 4.69) is 11.4 Å². The lowest BCUT2D eigenvalue weighted by molar-refractivity contribution is -0.111. The third kappa shape index (κ3) is 4.31. The lowest BCUT2D eigenvalue weighted by Crippen LogP contribution is -2.07. The normalized spacial score (nSPS) is 14.4. The number of fused-ring (bicyclic) bond motifs is 1. The molecule has 1 amide bonds. The first-order chi connectivity index (χ1) is 12.2. The Morgan fingerprint density at radius 3 is 2.72 bits per heavy atom. The Hall–Kier alpha value is -2.09. The number of aryl methyl sites for hydroxylation is 1. The van der Waals surface area contributed by atoms with Gasteiger partial charge in [-0.15, -0.1) is 11.3 Å². The van der Waals surface area contributed by atoms with Crippen LogP contribution in [0.15, 0.2) is 30.3 Å². The predicted molar refractivity (Wildman–Crippen MR) is 104 cm³/mol. The van der Waals surface area contributed by atoms with Gasteiger partial charge in [-0.3, -0.25) is 4.79 Å². The van der Waals surface area contributed by atoms with Crippen molar-refractivity contribution < 1.29 is 4.79 Å². The van der Waals surface area contributed by atoms with E-state index in [0.29, 0.717) is 15.6 Å². The molecule has 1 heterocycles. The van der Waals surface area contributed by atoms with Crippen LogP contribution in [0.5, 0.6) is 0 Å². The molecule has 0 saturated carbocycles. The van der Waals surface area contributed by atoms with E-state index in [0.717, 1.165) is 36.8 Å². The standard InChI is InChI=1S/C20H19ClN2OS/c21-17-9-6-5-7-14(17)11-12-19(24)23-20-16(13-22)15-8-3-1-2-4-10-18(15)25-20/h5-7,9,11-12H,1-4,8,10H2,(H,23,24)/b12-11-. The highest BCUT2D eigenvalue weighted by Crippen LogP contribution is 2.36. The Kier molecular flexibility index (Phi) is 5.91. The van der Waals surface area contributed by atoms with Gasteiger partial charge in [0.05, 0.1) is 5.56 Å². The molecule has 2 aromatic rings. The molecule has 1 aliphatic rings. The number of nitriles is 1. The van der Waals surface area contributed by atoms with Gasteiger partial charge in [-0.25, -0.2) is 0 Å². The second kappa shape index (κ2) is 8.33. The van der Waals surface area contributed by atoms with Crippen LogP contribution in [-0.4, -0.2) is 5.91 Å². The summed E-state index contributed by atoms with van der Waals surface area (Å²) in [6, 6.07) is 9.64. The monoisotopic (exact) mass is 370 g/mol. The van der Waals surface area contributed by atoms with Crippen LogP contribution in [0.3, 0.4) is 0 Å². The minimum Gasteiger partial charge on any atom is -0.313 e. The maximum atomic E-state index is 12.3. The second-order valence-corrected chi connectivity index (χ2v) is 7.59. The number of thiophene rings is 1. The van der Waals surface area contributed by atoms with E-state index in [1.807, 2.05) is 18.2 Å². The molecule has 1 aliphatic carbocycles. The number of nitrogens with one attached hydrogen (secondary N) is 1. The largest absolute Gasteiger partial charge is 0.313 e. The highest BCUT2D eigenvalue weighted by atomic mass is 35.5. The van der Waals surface area contributed by atoms with Crippen LogP contribution >= 0.6 is 22.9 Å². The molecule has 0 atom stereocenters. The molecule has 1 aromatic heterocycles. The van der Waals surface area contributed by atoms with E-state index in [9.17, 15) is 10.1 Å². The Bertz CT molecular complexity index is 848. The number of hydrogen-bond donors (Lipinski definition) is 1. The lowest BCUT2D eigenvalue weighted by atomic mass is 9.97. The summed E-state index contributed by atoms with van der Waals surface area (Å²) in [5.41, 5.74) is 2.57. The molecule has 0 bridgehead atoms. The van der Waals surface area contributed by atoms with Crippen LogP contribution in [0, 0.1) is 11.3 Å². The van der Waals surface area contributed by atoms with Crippen LogP contribution in [0.1, 0.15) is 47.3 Å². The van der Waals surface area contributed by atoms with Gasteiger partial charge >= 0.3 is 0 Å². The smallest absolute Gasteiger partial charge is 0.249 e. The summed E-state index contributed by atoms with van der Waals surface area (Å²) in [7, 11) is 0. The van der Waals surface area contributed by atoms with Crippen molar-refractivity contribution in [1.29, 1.82) is 5.26 Å². The zero-order chi connectivity index (χ0) is 17.6. The first kappa shape index (κ1) is 17.7. The third-order valence-corrected chi connectivity index (χ3v) is 5.89. The topological polar surface area (TPSA) is 52.9 Å². The van der Waals surface area contributed by atoms with Gasteiger partial charge in [0.1, 0.15) is 11.1 Å². The maximum Gasteiger partial charge on any atom is 0.249 e. The molecule has 0 fully saturated rings. The van der Waals surface area contributed by atoms with Crippen molar-refractivity contribution in [3.63, 3.8) is 0 Å². The van der Waals surface area contributed by atoms with E-state index in [1.54, 1.807) is 23.5 Å². The van der Waals surface area contributed by atoms with Gasteiger partial charge in [-0.1, -0.05) is 42.6 Å². The molecule has 0 aliphatic heterocycles. The summed E-state index contributed by atoms with van der Waals surface area (Å²) in [5, 5.41) is 13.7. The highest BCUT2D eigenvalue weighted by molar-refractivity contribution is 7.16. The summed E-state index contributed by atoms with van der Waals surface area (Å²) >= 11 is 7.64. The lowest BCUT2D eigenvalue weighted by Gasteiger charge is -2.08. The summed E-state index contributed by atoms with van der Waals surface area (Å²) in [6.45, 7) is 0. The van der Waals surface area contributed by atoms with Crippen LogP contribution in [0.2, 0.25) is 5.02 Å². The number of anilines is 1. The van der Waals surface area contributed by atoms with Crippen molar-refractivity contribution in [2.75, 3.05) is 5.32 Å². The Balaban J connectivity index is 1.78. The summed E-state index contributed by atoms with van der Waals surface area (Å²) in [4.78, 5) is 13.5. The summed E-state index contributed by atoms with van der Waals surface area (Å²) in [5.74, 6) is -0.245. The Morgan fingerprint density at radius 1 is 1.20 bits per heavy atom. The number of carbonyl (C=O) groups is 1. The van der Waals surface area contributed by atoms with Crippen molar-refractivity contribution in [2.24, 2.45) is 0 Å². The molecule has 128 valence electrons. The van der Waals surface area contributed by atoms with Crippen LogP contribution in [0.4, 0.5) is 5.00 Å². The second-order valence-electron chi connectivity index (χ2n) is 6.08. The van der Waals surface area contributed by atoms with Crippen molar-refractivity contribution in [1.82, 2.24) is 0 Å². The first-order valence-corrected chi connectivity index (χ1v) is 9.66. The number of halogens is 1. The molecule has 25 heavy (non-hydrogen) atoms. The van der Waals surface area contributed by atoms with Crippen LogP contribution in [0.25, 0.3) is 6.08 Å². The maximum absolute atomic E-state index is 12.3.